The molecule has 3 rings (SSSR count). The van der Waals surface area contributed by atoms with Crippen molar-refractivity contribution in [1.82, 2.24) is 26.8 Å². The minimum atomic E-state index is -1.41. The average Bonchev–Trinajstić information content (AvgIpc) is 3.16. The first-order chi connectivity index (χ1) is 14.4. The fourth-order valence-corrected chi connectivity index (χ4v) is 2.91. The molecule has 2 aliphatic rings. The lowest BCUT2D eigenvalue weighted by Crippen LogP contribution is -2.55. The van der Waals surface area contributed by atoms with Gasteiger partial charge in [-0.2, -0.15) is 0 Å². The summed E-state index contributed by atoms with van der Waals surface area (Å²) < 4.78 is 5.33. The number of rotatable bonds is 8. The van der Waals surface area contributed by atoms with E-state index in [9.17, 15) is 24.5 Å². The molecule has 0 radical (unpaired) electrons. The third-order valence-electron chi connectivity index (χ3n) is 4.26. The Balaban J connectivity index is 1.55. The maximum Gasteiger partial charge on any atom is 0.547 e. The van der Waals surface area contributed by atoms with Crippen LogP contribution in [0.2, 0.25) is 0 Å². The van der Waals surface area contributed by atoms with Crippen LogP contribution in [-0.4, -0.2) is 65.7 Å². The largest absolute Gasteiger partial charge is 0.547 e. The van der Waals surface area contributed by atoms with Gasteiger partial charge in [-0.25, -0.2) is 10.3 Å². The number of nitrogens with one attached hydrogen (secondary N) is 4. The molecule has 1 atom stereocenters. The third-order valence-corrected chi connectivity index (χ3v) is 4.26. The van der Waals surface area contributed by atoms with Gasteiger partial charge in [-0.05, 0) is 18.1 Å². The Labute approximate surface area is 171 Å². The third kappa shape index (κ3) is 4.98. The van der Waals surface area contributed by atoms with E-state index in [-0.39, 0.29) is 43.1 Å². The Bertz CT molecular complexity index is 866. The molecular formula is C16H21BN6O7. The minimum absolute atomic E-state index is 0.0601. The minimum Gasteiger partial charge on any atom is -0.534 e. The van der Waals surface area contributed by atoms with Gasteiger partial charge in [0.1, 0.15) is 18.0 Å². The van der Waals surface area contributed by atoms with E-state index >= 15 is 0 Å². The summed E-state index contributed by atoms with van der Waals surface area (Å²) in [6.45, 7) is 0.219. The summed E-state index contributed by atoms with van der Waals surface area (Å²) in [4.78, 5) is 40.3. The SMILES string of the molecule is NCCONC(=O)C1=CN(CC(=O)N[C@H]2Cc3cccc(C(=O)O)c3OB2O)NN1. The topological polar surface area (TPSA) is 188 Å². The Morgan fingerprint density at radius 2 is 2.20 bits per heavy atom. The number of nitrogens with zero attached hydrogens (tertiary/aromatic N) is 1. The van der Waals surface area contributed by atoms with Gasteiger partial charge in [-0.3, -0.25) is 24.9 Å². The molecule has 2 aliphatic heterocycles. The summed E-state index contributed by atoms with van der Waals surface area (Å²) in [5.41, 5.74) is 13.3. The molecule has 1 aromatic carbocycles. The molecule has 0 spiro atoms. The zero-order valence-corrected chi connectivity index (χ0v) is 15.8. The van der Waals surface area contributed by atoms with Crippen molar-refractivity contribution in [3.05, 3.63) is 41.2 Å². The van der Waals surface area contributed by atoms with Crippen molar-refractivity contribution in [3.63, 3.8) is 0 Å². The maximum atomic E-state index is 12.3. The van der Waals surface area contributed by atoms with Gasteiger partial charge >= 0.3 is 13.1 Å². The van der Waals surface area contributed by atoms with Crippen LogP contribution in [0.5, 0.6) is 5.75 Å². The standard InChI is InChI=1S/C16H21BN6O7/c18-4-5-29-21-15(25)11-7-23(22-20-11)8-13(24)19-12-6-9-2-1-3-10(16(26)27)14(9)30-17(12)28/h1-3,7,12,20,22,28H,4-6,8,18H2,(H,19,24)(H,21,25)(H,26,27)/t12-/m0/s1. The van der Waals surface area contributed by atoms with Crippen LogP contribution in [0.25, 0.3) is 0 Å². The molecule has 1 aromatic rings. The van der Waals surface area contributed by atoms with Gasteiger partial charge in [0, 0.05) is 12.7 Å². The Morgan fingerprint density at radius 3 is 2.93 bits per heavy atom. The maximum absolute atomic E-state index is 12.3. The summed E-state index contributed by atoms with van der Waals surface area (Å²) in [5, 5.41) is 23.4. The van der Waals surface area contributed by atoms with Crippen molar-refractivity contribution in [2.24, 2.45) is 5.73 Å². The second kappa shape index (κ2) is 9.45. The number of hydrazine groups is 2. The van der Waals surface area contributed by atoms with Crippen molar-refractivity contribution >= 4 is 24.9 Å². The fraction of sp³-hybridized carbons (Fsp3) is 0.312. The molecule has 0 saturated heterocycles. The van der Waals surface area contributed by atoms with Crippen molar-refractivity contribution < 1.29 is 34.0 Å². The van der Waals surface area contributed by atoms with Gasteiger partial charge in [0.05, 0.1) is 18.1 Å². The number of amides is 2. The van der Waals surface area contributed by atoms with Crippen LogP contribution in [-0.2, 0) is 20.8 Å². The Morgan fingerprint density at radius 1 is 1.40 bits per heavy atom. The summed E-state index contributed by atoms with van der Waals surface area (Å²) in [5.74, 6) is -2.88. The first kappa shape index (κ1) is 21.4. The van der Waals surface area contributed by atoms with E-state index in [2.05, 4.69) is 21.8 Å². The number of carbonyl (C=O) groups is 3. The number of nitrogens with two attached hydrogens (primary N) is 1. The molecule has 0 unspecified atom stereocenters. The first-order valence-corrected chi connectivity index (χ1v) is 9.00. The first-order valence-electron chi connectivity index (χ1n) is 9.00. The Hall–Kier alpha value is -3.33. The average molecular weight is 420 g/mol. The number of hydroxylamine groups is 1. The predicted octanol–water partition coefficient (Wildman–Crippen LogP) is -3.00. The van der Waals surface area contributed by atoms with Gasteiger partial charge in [-0.1, -0.05) is 12.1 Å². The molecule has 13 nitrogen and oxygen atoms in total. The number of para-hydroxylation sites is 1. The number of fused-ring (bicyclic) bond motifs is 1. The highest BCUT2D eigenvalue weighted by Crippen LogP contribution is 2.30. The number of carboxylic acid groups (broad SMARTS) is 1. The summed E-state index contributed by atoms with van der Waals surface area (Å²) >= 11 is 0. The Kier molecular flexibility index (Phi) is 6.74. The summed E-state index contributed by atoms with van der Waals surface area (Å²) in [6.07, 6.45) is 1.56. The van der Waals surface area contributed by atoms with Crippen LogP contribution in [0.1, 0.15) is 15.9 Å². The molecule has 0 fully saturated rings. The molecule has 0 bridgehead atoms. The van der Waals surface area contributed by atoms with Crippen LogP contribution in [0.15, 0.2) is 30.1 Å². The van der Waals surface area contributed by atoms with Crippen LogP contribution in [0.3, 0.4) is 0 Å². The second-order valence-electron chi connectivity index (χ2n) is 6.46. The molecule has 0 saturated carbocycles. The quantitative estimate of drug-likeness (QED) is 0.129. The lowest BCUT2D eigenvalue weighted by molar-refractivity contribution is -0.129. The van der Waals surface area contributed by atoms with Gasteiger partial charge in [0.15, 0.2) is 0 Å². The molecule has 30 heavy (non-hydrogen) atoms. The highest BCUT2D eigenvalue weighted by molar-refractivity contribution is 6.47. The summed E-state index contributed by atoms with van der Waals surface area (Å²) in [7, 11) is -1.41. The van der Waals surface area contributed by atoms with E-state index < -0.39 is 30.8 Å². The van der Waals surface area contributed by atoms with Crippen LogP contribution in [0, 0.1) is 0 Å². The number of hydrogen-bond donors (Lipinski definition) is 7. The molecule has 14 heteroatoms. The molecule has 160 valence electrons. The predicted molar refractivity (Wildman–Crippen MR) is 102 cm³/mol. The van der Waals surface area contributed by atoms with Crippen molar-refractivity contribution in [3.8, 4) is 5.75 Å². The lowest BCUT2D eigenvalue weighted by Gasteiger charge is -2.29. The number of carbonyl (C=O) groups excluding carboxylic acids is 2. The van der Waals surface area contributed by atoms with Crippen molar-refractivity contribution in [1.29, 1.82) is 0 Å². The normalized spacial score (nSPS) is 17.4. The number of aromatic carboxylic acids is 1. The van der Waals surface area contributed by atoms with Crippen LogP contribution in [0.4, 0.5) is 0 Å². The molecular weight excluding hydrogens is 399 g/mol. The van der Waals surface area contributed by atoms with Gasteiger partial charge in [0.25, 0.3) is 5.91 Å². The highest BCUT2D eigenvalue weighted by atomic mass is 16.7. The van der Waals surface area contributed by atoms with Gasteiger partial charge in [-0.15, -0.1) is 5.53 Å². The molecule has 0 aromatic heterocycles. The fourth-order valence-electron chi connectivity index (χ4n) is 2.91. The smallest absolute Gasteiger partial charge is 0.534 e. The van der Waals surface area contributed by atoms with E-state index in [0.29, 0.717) is 5.56 Å². The monoisotopic (exact) mass is 420 g/mol. The van der Waals surface area contributed by atoms with Gasteiger partial charge in [0.2, 0.25) is 5.91 Å². The number of benzene rings is 1. The van der Waals surface area contributed by atoms with E-state index in [1.807, 2.05) is 0 Å². The van der Waals surface area contributed by atoms with E-state index in [1.54, 1.807) is 12.1 Å². The summed E-state index contributed by atoms with van der Waals surface area (Å²) in [6, 6.07) is 4.61. The zero-order chi connectivity index (χ0) is 21.7. The van der Waals surface area contributed by atoms with Crippen LogP contribution >= 0.6 is 0 Å². The molecule has 2 amide bonds. The lowest BCUT2D eigenvalue weighted by atomic mass is 9.72. The number of carboxylic acids is 1. The highest BCUT2D eigenvalue weighted by Gasteiger charge is 2.38. The second-order valence-corrected chi connectivity index (χ2v) is 6.46. The van der Waals surface area contributed by atoms with Gasteiger partial charge < -0.3 is 25.8 Å². The van der Waals surface area contributed by atoms with E-state index in [1.165, 1.54) is 17.3 Å². The molecule has 2 heterocycles. The van der Waals surface area contributed by atoms with E-state index in [0.717, 1.165) is 0 Å². The van der Waals surface area contributed by atoms with Crippen LogP contribution < -0.4 is 32.1 Å². The van der Waals surface area contributed by atoms with Crippen molar-refractivity contribution in [2.75, 3.05) is 19.7 Å². The molecule has 8 N–H and O–H groups in total. The molecule has 0 aliphatic carbocycles. The number of hydrogen-bond acceptors (Lipinski definition) is 10. The van der Waals surface area contributed by atoms with Crippen molar-refractivity contribution in [2.45, 2.75) is 12.4 Å². The zero-order valence-electron chi connectivity index (χ0n) is 15.8. The van der Waals surface area contributed by atoms with E-state index in [4.69, 9.17) is 15.2 Å².